The van der Waals surface area contributed by atoms with E-state index in [-0.39, 0.29) is 11.7 Å². The van der Waals surface area contributed by atoms with E-state index in [1.165, 1.54) is 0 Å². The summed E-state index contributed by atoms with van der Waals surface area (Å²) in [5, 5.41) is 19.5. The van der Waals surface area contributed by atoms with E-state index in [2.05, 4.69) is 23.7 Å². The largest absolute Gasteiger partial charge is 0.508 e. The molecule has 3 aromatic rings. The van der Waals surface area contributed by atoms with E-state index in [9.17, 15) is 5.11 Å². The highest BCUT2D eigenvalue weighted by Gasteiger charge is 2.32. The van der Waals surface area contributed by atoms with Crippen LogP contribution in [-0.4, -0.2) is 39.2 Å². The quantitative estimate of drug-likeness (QED) is 0.482. The van der Waals surface area contributed by atoms with Gasteiger partial charge in [0.25, 0.3) is 0 Å². The van der Waals surface area contributed by atoms with Crippen LogP contribution in [0.4, 0.5) is 0 Å². The number of phenols is 1. The van der Waals surface area contributed by atoms with Gasteiger partial charge >= 0.3 is 0 Å². The molecule has 4 rings (SSSR count). The summed E-state index contributed by atoms with van der Waals surface area (Å²) >= 11 is 6.11. The molecule has 30 heavy (non-hydrogen) atoms. The SMILES string of the molecule is CCN(CC)CCn1cnc2c(c1=N)C(c1ccc(Cl)cc1)c1ccc(O)cc1O2. The first-order chi connectivity index (χ1) is 14.5. The average Bonchev–Trinajstić information content (AvgIpc) is 2.75. The minimum absolute atomic E-state index is 0.128. The lowest BCUT2D eigenvalue weighted by atomic mass is 9.84. The van der Waals surface area contributed by atoms with E-state index >= 15 is 0 Å². The number of nitrogens with one attached hydrogen (secondary N) is 1. The molecule has 0 bridgehead atoms. The molecule has 1 atom stereocenters. The highest BCUT2D eigenvalue weighted by molar-refractivity contribution is 6.30. The molecule has 0 fully saturated rings. The zero-order valence-electron chi connectivity index (χ0n) is 17.1. The fourth-order valence-electron chi connectivity index (χ4n) is 3.92. The van der Waals surface area contributed by atoms with Gasteiger partial charge in [-0.05, 0) is 36.9 Å². The van der Waals surface area contributed by atoms with Crippen LogP contribution in [0.5, 0.6) is 17.4 Å². The molecule has 0 saturated heterocycles. The minimum atomic E-state index is -0.234. The summed E-state index contributed by atoms with van der Waals surface area (Å²) in [4.78, 5) is 6.84. The van der Waals surface area contributed by atoms with Crippen molar-refractivity contribution in [2.75, 3.05) is 19.6 Å². The number of hydrogen-bond donors (Lipinski definition) is 2. The average molecular weight is 425 g/mol. The normalized spacial score (nSPS) is 14.9. The maximum absolute atomic E-state index is 9.93. The van der Waals surface area contributed by atoms with Gasteiger partial charge < -0.3 is 19.3 Å². The summed E-state index contributed by atoms with van der Waals surface area (Å²) in [6, 6.07) is 12.7. The number of rotatable bonds is 6. The van der Waals surface area contributed by atoms with Crippen LogP contribution in [0.1, 0.15) is 36.5 Å². The Morgan fingerprint density at radius 2 is 1.90 bits per heavy atom. The highest BCUT2D eigenvalue weighted by Crippen LogP contribution is 2.46. The van der Waals surface area contributed by atoms with Crippen LogP contribution in [0.15, 0.2) is 48.8 Å². The second-order valence-corrected chi connectivity index (χ2v) is 7.78. The van der Waals surface area contributed by atoms with Gasteiger partial charge in [0.1, 0.15) is 23.3 Å². The van der Waals surface area contributed by atoms with Crippen LogP contribution >= 0.6 is 11.6 Å². The second kappa shape index (κ2) is 8.50. The topological polar surface area (TPSA) is 74.4 Å². The number of nitrogens with zero attached hydrogens (tertiary/aromatic N) is 3. The van der Waals surface area contributed by atoms with E-state index in [1.807, 2.05) is 34.9 Å². The lowest BCUT2D eigenvalue weighted by molar-refractivity contribution is 0.286. The first kappa shape index (κ1) is 20.4. The first-order valence-corrected chi connectivity index (χ1v) is 10.5. The Morgan fingerprint density at radius 3 is 2.60 bits per heavy atom. The summed E-state index contributed by atoms with van der Waals surface area (Å²) in [7, 11) is 0. The molecule has 6 nitrogen and oxygen atoms in total. The molecule has 0 amide bonds. The molecule has 0 aliphatic carbocycles. The first-order valence-electron chi connectivity index (χ1n) is 10.1. The predicted octanol–water partition coefficient (Wildman–Crippen LogP) is 4.35. The number of fused-ring (bicyclic) bond motifs is 2. The van der Waals surface area contributed by atoms with E-state index in [0.717, 1.165) is 36.3 Å². The Balaban J connectivity index is 1.83. The standard InChI is InChI=1S/C23H25ClN4O2/c1-3-27(4-2)11-12-28-14-26-23-21(22(28)25)20(15-5-7-16(24)8-6-15)18-10-9-17(29)13-19(18)30-23/h5-10,13-14,20,25,29H,3-4,11-12H2,1-2H3. The molecule has 1 aromatic heterocycles. The number of aromatic hydroxyl groups is 1. The monoisotopic (exact) mass is 424 g/mol. The molecular formula is C23H25ClN4O2. The number of hydrogen-bond acceptors (Lipinski definition) is 5. The Labute approximate surface area is 180 Å². The molecule has 0 spiro atoms. The van der Waals surface area contributed by atoms with Crippen molar-refractivity contribution >= 4 is 11.6 Å². The fourth-order valence-corrected chi connectivity index (χ4v) is 4.04. The molecule has 7 heteroatoms. The summed E-state index contributed by atoms with van der Waals surface area (Å²) in [5.74, 6) is 0.846. The third-order valence-corrected chi connectivity index (χ3v) is 5.90. The number of ether oxygens (including phenoxy) is 1. The van der Waals surface area contributed by atoms with Crippen molar-refractivity contribution in [2.45, 2.75) is 26.3 Å². The lowest BCUT2D eigenvalue weighted by Gasteiger charge is -2.29. The molecule has 156 valence electrons. The van der Waals surface area contributed by atoms with Crippen molar-refractivity contribution in [1.29, 1.82) is 5.41 Å². The van der Waals surface area contributed by atoms with Crippen molar-refractivity contribution in [1.82, 2.24) is 14.5 Å². The fraction of sp³-hybridized carbons (Fsp3) is 0.304. The lowest BCUT2D eigenvalue weighted by Crippen LogP contribution is -2.34. The van der Waals surface area contributed by atoms with Crippen LogP contribution in [0, 0.1) is 5.41 Å². The molecule has 2 heterocycles. The summed E-state index contributed by atoms with van der Waals surface area (Å²) in [5.41, 5.74) is 2.98. The molecule has 2 aromatic carbocycles. The van der Waals surface area contributed by atoms with Crippen molar-refractivity contribution in [3.05, 3.63) is 76.0 Å². The zero-order valence-corrected chi connectivity index (χ0v) is 17.9. The Kier molecular flexibility index (Phi) is 5.79. The Hall–Kier alpha value is -2.83. The van der Waals surface area contributed by atoms with Gasteiger partial charge in [0.2, 0.25) is 5.88 Å². The number of aromatic nitrogens is 2. The number of halogens is 1. The van der Waals surface area contributed by atoms with Crippen molar-refractivity contribution < 1.29 is 9.84 Å². The van der Waals surface area contributed by atoms with Crippen LogP contribution in [-0.2, 0) is 6.54 Å². The van der Waals surface area contributed by atoms with Gasteiger partial charge in [0.15, 0.2) is 0 Å². The van der Waals surface area contributed by atoms with Crippen LogP contribution in [0.2, 0.25) is 5.02 Å². The number of benzene rings is 2. The maximum atomic E-state index is 9.93. The molecule has 0 radical (unpaired) electrons. The third-order valence-electron chi connectivity index (χ3n) is 5.65. The summed E-state index contributed by atoms with van der Waals surface area (Å²) in [6.45, 7) is 7.74. The van der Waals surface area contributed by atoms with Crippen LogP contribution < -0.4 is 10.2 Å². The zero-order chi connectivity index (χ0) is 21.3. The van der Waals surface area contributed by atoms with E-state index in [0.29, 0.717) is 28.7 Å². The number of likely N-dealkylation sites (N-methyl/N-ethyl adjacent to an activating group) is 1. The van der Waals surface area contributed by atoms with Crippen LogP contribution in [0.25, 0.3) is 0 Å². The highest BCUT2D eigenvalue weighted by atomic mass is 35.5. The van der Waals surface area contributed by atoms with Crippen LogP contribution in [0.3, 0.4) is 0 Å². The van der Waals surface area contributed by atoms with Crippen molar-refractivity contribution in [3.8, 4) is 17.4 Å². The van der Waals surface area contributed by atoms with E-state index < -0.39 is 0 Å². The van der Waals surface area contributed by atoms with Gasteiger partial charge in [-0.25, -0.2) is 4.98 Å². The number of phenolic OH excluding ortho intramolecular Hbond substituents is 1. The Morgan fingerprint density at radius 1 is 1.17 bits per heavy atom. The molecule has 2 N–H and O–H groups in total. The Bertz CT molecular complexity index is 1110. The van der Waals surface area contributed by atoms with Gasteiger partial charge in [0.05, 0.1) is 5.56 Å². The summed E-state index contributed by atoms with van der Waals surface area (Å²) < 4.78 is 7.87. The molecule has 1 aliphatic heterocycles. The summed E-state index contributed by atoms with van der Waals surface area (Å²) in [6.07, 6.45) is 1.66. The minimum Gasteiger partial charge on any atom is -0.508 e. The van der Waals surface area contributed by atoms with Gasteiger partial charge in [-0.2, -0.15) is 0 Å². The van der Waals surface area contributed by atoms with E-state index in [4.69, 9.17) is 21.7 Å². The maximum Gasteiger partial charge on any atom is 0.228 e. The van der Waals surface area contributed by atoms with Gasteiger partial charge in [-0.15, -0.1) is 0 Å². The van der Waals surface area contributed by atoms with Crippen molar-refractivity contribution in [2.24, 2.45) is 0 Å². The third kappa shape index (κ3) is 3.80. The van der Waals surface area contributed by atoms with Crippen molar-refractivity contribution in [3.63, 3.8) is 0 Å². The van der Waals surface area contributed by atoms with E-state index in [1.54, 1.807) is 18.5 Å². The second-order valence-electron chi connectivity index (χ2n) is 7.34. The van der Waals surface area contributed by atoms with Gasteiger partial charge in [-0.3, -0.25) is 5.41 Å². The molecule has 0 saturated carbocycles. The van der Waals surface area contributed by atoms with Gasteiger partial charge in [-0.1, -0.05) is 43.6 Å². The van der Waals surface area contributed by atoms with Gasteiger partial charge in [0, 0.05) is 35.7 Å². The molecular weight excluding hydrogens is 400 g/mol. The molecule has 1 unspecified atom stereocenters. The molecule has 1 aliphatic rings. The smallest absolute Gasteiger partial charge is 0.228 e. The predicted molar refractivity (Wildman–Crippen MR) is 116 cm³/mol.